The molecule has 2 rings (SSSR count). The molecule has 0 aromatic carbocycles. The summed E-state index contributed by atoms with van der Waals surface area (Å²) in [6.45, 7) is 0.547. The molecule has 0 aliphatic carbocycles. The normalized spacial score (nSPS) is 10.0. The molecule has 0 aliphatic heterocycles. The van der Waals surface area contributed by atoms with Crippen LogP contribution in [-0.4, -0.2) is 14.8 Å². The molecule has 2 heterocycles. The molecule has 0 fully saturated rings. The zero-order chi connectivity index (χ0) is 9.97. The van der Waals surface area contributed by atoms with Gasteiger partial charge in [0, 0.05) is 11.6 Å². The van der Waals surface area contributed by atoms with Crippen LogP contribution in [0.1, 0.15) is 11.3 Å². The highest BCUT2D eigenvalue weighted by atomic mass is 35.5. The molecule has 0 aliphatic rings. The van der Waals surface area contributed by atoms with Gasteiger partial charge in [0.2, 0.25) is 0 Å². The molecule has 0 N–H and O–H groups in total. The van der Waals surface area contributed by atoms with Crippen molar-refractivity contribution in [3.05, 3.63) is 33.5 Å². The van der Waals surface area contributed by atoms with Crippen LogP contribution < -0.4 is 0 Å². The van der Waals surface area contributed by atoms with Crippen molar-refractivity contribution in [2.75, 3.05) is 0 Å². The molecule has 4 nitrogen and oxygen atoms in total. The summed E-state index contributed by atoms with van der Waals surface area (Å²) >= 11 is 7.07. The number of rotatable bonds is 2. The number of hydrogen-bond donors (Lipinski definition) is 0. The van der Waals surface area contributed by atoms with Gasteiger partial charge in [0.05, 0.1) is 24.0 Å². The Morgan fingerprint density at radius 1 is 1.64 bits per heavy atom. The van der Waals surface area contributed by atoms with Crippen LogP contribution in [0.15, 0.2) is 17.8 Å². The molecule has 0 saturated heterocycles. The average molecular weight is 225 g/mol. The highest BCUT2D eigenvalue weighted by molar-refractivity contribution is 7.13. The van der Waals surface area contributed by atoms with Crippen LogP contribution in [0.3, 0.4) is 0 Å². The van der Waals surface area contributed by atoms with Crippen molar-refractivity contribution in [1.82, 2.24) is 14.8 Å². The lowest BCUT2D eigenvalue weighted by Crippen LogP contribution is -1.99. The van der Waals surface area contributed by atoms with Crippen molar-refractivity contribution in [3.63, 3.8) is 0 Å². The minimum absolute atomic E-state index is 0.521. The topological polar surface area (TPSA) is 54.5 Å². The second-order valence-corrected chi connectivity index (χ2v) is 4.07. The van der Waals surface area contributed by atoms with E-state index in [0.717, 1.165) is 5.69 Å². The lowest BCUT2D eigenvalue weighted by atomic mass is 10.4. The maximum atomic E-state index is 8.58. The lowest BCUT2D eigenvalue weighted by molar-refractivity contribution is 0.676. The van der Waals surface area contributed by atoms with E-state index in [-0.39, 0.29) is 0 Å². The third-order valence-corrected chi connectivity index (χ3v) is 2.64. The zero-order valence-corrected chi connectivity index (χ0v) is 8.59. The first-order valence-corrected chi connectivity index (χ1v) is 5.06. The molecule has 0 radical (unpaired) electrons. The predicted molar refractivity (Wildman–Crippen MR) is 53.2 cm³/mol. The van der Waals surface area contributed by atoms with Gasteiger partial charge in [-0.2, -0.15) is 10.4 Å². The summed E-state index contributed by atoms with van der Waals surface area (Å²) in [6.07, 6.45) is 3.20. The average Bonchev–Trinajstić information content (AvgIpc) is 2.76. The van der Waals surface area contributed by atoms with Gasteiger partial charge in [-0.05, 0) is 0 Å². The molecule has 2 aromatic heterocycles. The van der Waals surface area contributed by atoms with Crippen molar-refractivity contribution in [3.8, 4) is 6.07 Å². The standard InChI is InChI=1S/C8H5ClN4S/c9-8-12-7(5-14-8)4-13-3-6(1-10)2-11-13/h2-3,5H,4H2. The highest BCUT2D eigenvalue weighted by Crippen LogP contribution is 2.15. The van der Waals surface area contributed by atoms with Gasteiger partial charge in [-0.25, -0.2) is 4.98 Å². The molecule has 6 heteroatoms. The van der Waals surface area contributed by atoms with E-state index in [9.17, 15) is 0 Å². The van der Waals surface area contributed by atoms with E-state index >= 15 is 0 Å². The van der Waals surface area contributed by atoms with Gasteiger partial charge >= 0.3 is 0 Å². The van der Waals surface area contributed by atoms with Crippen molar-refractivity contribution in [2.24, 2.45) is 0 Å². The SMILES string of the molecule is N#Cc1cnn(Cc2csc(Cl)n2)c1. The maximum Gasteiger partial charge on any atom is 0.183 e. The molecule has 0 spiro atoms. The molecular formula is C8H5ClN4S. The van der Waals surface area contributed by atoms with E-state index < -0.39 is 0 Å². The van der Waals surface area contributed by atoms with Gasteiger partial charge in [0.1, 0.15) is 6.07 Å². The summed E-state index contributed by atoms with van der Waals surface area (Å²) in [5.74, 6) is 0. The van der Waals surface area contributed by atoms with Crippen LogP contribution >= 0.6 is 22.9 Å². The summed E-state index contributed by atoms with van der Waals surface area (Å²) in [6, 6.07) is 2.01. The molecule has 2 aromatic rings. The van der Waals surface area contributed by atoms with E-state index in [4.69, 9.17) is 16.9 Å². The number of hydrogen-bond acceptors (Lipinski definition) is 4. The Labute approximate surface area is 89.4 Å². The van der Waals surface area contributed by atoms with Crippen LogP contribution in [0.5, 0.6) is 0 Å². The van der Waals surface area contributed by atoms with Gasteiger partial charge in [0.25, 0.3) is 0 Å². The van der Waals surface area contributed by atoms with Crippen LogP contribution in [0.25, 0.3) is 0 Å². The second kappa shape index (κ2) is 3.78. The van der Waals surface area contributed by atoms with Gasteiger partial charge in [-0.15, -0.1) is 11.3 Å². The molecule has 0 saturated carbocycles. The van der Waals surface area contributed by atoms with Gasteiger partial charge in [0.15, 0.2) is 4.47 Å². The number of thiazole rings is 1. The summed E-state index contributed by atoms with van der Waals surface area (Å²) in [4.78, 5) is 4.08. The number of nitriles is 1. The van der Waals surface area contributed by atoms with Crippen LogP contribution in [0.4, 0.5) is 0 Å². The molecule has 14 heavy (non-hydrogen) atoms. The van der Waals surface area contributed by atoms with Crippen molar-refractivity contribution in [2.45, 2.75) is 6.54 Å². The first-order valence-electron chi connectivity index (χ1n) is 3.80. The fourth-order valence-corrected chi connectivity index (χ4v) is 1.80. The Hall–Kier alpha value is -1.38. The second-order valence-electron chi connectivity index (χ2n) is 2.63. The van der Waals surface area contributed by atoms with Gasteiger partial charge in [-0.3, -0.25) is 4.68 Å². The largest absolute Gasteiger partial charge is 0.265 e. The van der Waals surface area contributed by atoms with Crippen molar-refractivity contribution in [1.29, 1.82) is 5.26 Å². The van der Waals surface area contributed by atoms with Crippen LogP contribution in [0.2, 0.25) is 4.47 Å². The highest BCUT2D eigenvalue weighted by Gasteiger charge is 2.02. The quantitative estimate of drug-likeness (QED) is 0.783. The van der Waals surface area contributed by atoms with Gasteiger partial charge < -0.3 is 0 Å². The summed E-state index contributed by atoms with van der Waals surface area (Å²) < 4.78 is 2.18. The number of halogens is 1. The first kappa shape index (κ1) is 9.19. The predicted octanol–water partition coefficient (Wildman–Crippen LogP) is 1.91. The Bertz CT molecular complexity index is 481. The molecule has 0 atom stereocenters. The molecule has 0 amide bonds. The van der Waals surface area contributed by atoms with E-state index in [2.05, 4.69) is 10.1 Å². The molecule has 70 valence electrons. The minimum Gasteiger partial charge on any atom is -0.265 e. The third-order valence-electron chi connectivity index (χ3n) is 1.61. The number of nitrogens with zero attached hydrogens (tertiary/aromatic N) is 4. The molecular weight excluding hydrogens is 220 g/mol. The van der Waals surface area contributed by atoms with E-state index in [1.165, 1.54) is 17.5 Å². The zero-order valence-electron chi connectivity index (χ0n) is 7.01. The summed E-state index contributed by atoms with van der Waals surface area (Å²) in [7, 11) is 0. The van der Waals surface area contributed by atoms with Crippen LogP contribution in [0, 0.1) is 11.3 Å². The summed E-state index contributed by atoms with van der Waals surface area (Å²) in [5.41, 5.74) is 1.40. The molecule has 0 unspecified atom stereocenters. The monoisotopic (exact) mass is 224 g/mol. The Morgan fingerprint density at radius 3 is 3.07 bits per heavy atom. The first-order chi connectivity index (χ1) is 6.78. The third kappa shape index (κ3) is 1.92. The van der Waals surface area contributed by atoms with Crippen molar-refractivity contribution >= 4 is 22.9 Å². The lowest BCUT2D eigenvalue weighted by Gasteiger charge is -1.95. The molecule has 0 bridgehead atoms. The van der Waals surface area contributed by atoms with E-state index in [1.54, 1.807) is 10.9 Å². The maximum absolute atomic E-state index is 8.58. The van der Waals surface area contributed by atoms with E-state index in [1.807, 2.05) is 11.4 Å². The van der Waals surface area contributed by atoms with Crippen molar-refractivity contribution < 1.29 is 0 Å². The number of aromatic nitrogens is 3. The van der Waals surface area contributed by atoms with Gasteiger partial charge in [-0.1, -0.05) is 11.6 Å². The Balaban J connectivity index is 2.15. The van der Waals surface area contributed by atoms with E-state index in [0.29, 0.717) is 16.6 Å². The van der Waals surface area contributed by atoms with Crippen LogP contribution in [-0.2, 0) is 6.54 Å². The summed E-state index contributed by atoms with van der Waals surface area (Å²) in [5, 5.41) is 14.5. The smallest absolute Gasteiger partial charge is 0.183 e. The fraction of sp³-hybridized carbons (Fsp3) is 0.125. The Morgan fingerprint density at radius 2 is 2.50 bits per heavy atom. The fourth-order valence-electron chi connectivity index (χ4n) is 1.03. The Kier molecular flexibility index (Phi) is 2.48. The minimum atomic E-state index is 0.521.